The molecular formula is C21H18ClN7O3S. The van der Waals surface area contributed by atoms with E-state index in [4.69, 9.17) is 11.6 Å². The number of H-pyrrole nitrogens is 1. The Morgan fingerprint density at radius 3 is 2.45 bits per heavy atom. The molecule has 1 aromatic carbocycles. The van der Waals surface area contributed by atoms with E-state index in [0.29, 0.717) is 16.2 Å². The number of rotatable bonds is 4. The number of nitrogens with one attached hydrogen (secondary N) is 1. The molecule has 0 radical (unpaired) electrons. The molecule has 0 spiro atoms. The number of fused-ring (bicyclic) bond motifs is 1. The standard InChI is InChI=1S/C21H18ClN7O3S/c22-16-1-2-17-15(11-16)12-19(25-17)33(31,32)29-9-7-28(8-10-29)21(30)20-24-13-18(26-27-20)14-3-5-23-6-4-14/h1-6,11-13,25H,7-10H2. The largest absolute Gasteiger partial charge is 0.345 e. The first kappa shape index (κ1) is 21.4. The number of aromatic nitrogens is 5. The van der Waals surface area contributed by atoms with Crippen molar-refractivity contribution < 1.29 is 13.2 Å². The van der Waals surface area contributed by atoms with Gasteiger partial charge in [0.2, 0.25) is 5.82 Å². The van der Waals surface area contributed by atoms with E-state index in [1.807, 2.05) is 0 Å². The average Bonchev–Trinajstić information content (AvgIpc) is 3.28. The van der Waals surface area contributed by atoms with E-state index in [9.17, 15) is 13.2 Å². The number of pyridine rings is 1. The molecule has 0 aliphatic carbocycles. The summed E-state index contributed by atoms with van der Waals surface area (Å²) in [5.41, 5.74) is 2.01. The molecule has 168 valence electrons. The van der Waals surface area contributed by atoms with Crippen LogP contribution in [0.1, 0.15) is 10.6 Å². The molecule has 4 aromatic rings. The zero-order valence-corrected chi connectivity index (χ0v) is 18.8. The Hall–Kier alpha value is -3.41. The SMILES string of the molecule is O=C(c1ncc(-c2ccncc2)nn1)N1CCN(S(=O)(=O)c2cc3cc(Cl)ccc3[nH]2)CC1. The van der Waals surface area contributed by atoms with Gasteiger partial charge < -0.3 is 9.88 Å². The minimum atomic E-state index is -3.74. The molecule has 1 fully saturated rings. The monoisotopic (exact) mass is 483 g/mol. The number of benzene rings is 1. The molecule has 12 heteroatoms. The maximum Gasteiger partial charge on any atom is 0.293 e. The maximum atomic E-state index is 13.1. The van der Waals surface area contributed by atoms with Crippen LogP contribution in [0.3, 0.4) is 0 Å². The number of carbonyl (C=O) groups is 1. The average molecular weight is 484 g/mol. The Morgan fingerprint density at radius 2 is 1.76 bits per heavy atom. The van der Waals surface area contributed by atoms with Crippen LogP contribution in [0, 0.1) is 0 Å². The van der Waals surface area contributed by atoms with Gasteiger partial charge >= 0.3 is 0 Å². The van der Waals surface area contributed by atoms with E-state index >= 15 is 0 Å². The van der Waals surface area contributed by atoms with Crippen LogP contribution in [0.15, 0.2) is 60.0 Å². The van der Waals surface area contributed by atoms with Crippen molar-refractivity contribution in [1.82, 2.24) is 34.4 Å². The van der Waals surface area contributed by atoms with Gasteiger partial charge in [-0.1, -0.05) is 11.6 Å². The molecule has 0 bridgehead atoms. The van der Waals surface area contributed by atoms with Gasteiger partial charge in [-0.2, -0.15) is 4.31 Å². The first-order valence-corrected chi connectivity index (χ1v) is 11.9. The molecule has 1 aliphatic rings. The Bertz CT molecular complexity index is 1420. The quantitative estimate of drug-likeness (QED) is 0.471. The van der Waals surface area contributed by atoms with Crippen LogP contribution in [-0.2, 0) is 10.0 Å². The van der Waals surface area contributed by atoms with E-state index in [0.717, 1.165) is 10.9 Å². The van der Waals surface area contributed by atoms with Gasteiger partial charge in [0.05, 0.1) is 6.20 Å². The van der Waals surface area contributed by atoms with Gasteiger partial charge in [-0.25, -0.2) is 13.4 Å². The summed E-state index contributed by atoms with van der Waals surface area (Å²) >= 11 is 6.00. The lowest BCUT2D eigenvalue weighted by molar-refractivity contribution is 0.0684. The topological polar surface area (TPSA) is 125 Å². The number of nitrogens with zero attached hydrogens (tertiary/aromatic N) is 6. The predicted octanol–water partition coefficient (Wildman–Crippen LogP) is 2.21. The van der Waals surface area contributed by atoms with Gasteiger partial charge in [0.15, 0.2) is 0 Å². The number of sulfonamides is 1. The molecule has 1 amide bonds. The lowest BCUT2D eigenvalue weighted by Crippen LogP contribution is -2.50. The number of piperazine rings is 1. The van der Waals surface area contributed by atoms with E-state index in [1.165, 1.54) is 15.4 Å². The van der Waals surface area contributed by atoms with E-state index in [1.54, 1.807) is 48.8 Å². The van der Waals surface area contributed by atoms with Crippen LogP contribution in [0.25, 0.3) is 22.2 Å². The van der Waals surface area contributed by atoms with Crippen molar-refractivity contribution in [2.75, 3.05) is 26.2 Å². The molecule has 1 saturated heterocycles. The normalized spacial score (nSPS) is 15.1. The Balaban J connectivity index is 1.26. The molecule has 0 saturated carbocycles. The summed E-state index contributed by atoms with van der Waals surface area (Å²) in [4.78, 5) is 25.3. The van der Waals surface area contributed by atoms with Crippen molar-refractivity contribution in [3.05, 3.63) is 65.8 Å². The van der Waals surface area contributed by atoms with Gasteiger partial charge in [-0.15, -0.1) is 10.2 Å². The van der Waals surface area contributed by atoms with Crippen molar-refractivity contribution in [3.8, 4) is 11.3 Å². The highest BCUT2D eigenvalue weighted by atomic mass is 35.5. The first-order valence-electron chi connectivity index (χ1n) is 10.1. The highest BCUT2D eigenvalue weighted by molar-refractivity contribution is 7.89. The second-order valence-corrected chi connectivity index (χ2v) is 9.81. The molecule has 0 atom stereocenters. The predicted molar refractivity (Wildman–Crippen MR) is 121 cm³/mol. The summed E-state index contributed by atoms with van der Waals surface area (Å²) in [5.74, 6) is -0.419. The molecular weight excluding hydrogens is 466 g/mol. The Morgan fingerprint density at radius 1 is 1.00 bits per heavy atom. The van der Waals surface area contributed by atoms with Gasteiger partial charge in [-0.05, 0) is 36.4 Å². The molecule has 5 rings (SSSR count). The summed E-state index contributed by atoms with van der Waals surface area (Å²) in [6.45, 7) is 0.763. The van der Waals surface area contributed by atoms with Crippen molar-refractivity contribution in [2.45, 2.75) is 5.03 Å². The van der Waals surface area contributed by atoms with Crippen LogP contribution in [-0.4, -0.2) is 74.9 Å². The summed E-state index contributed by atoms with van der Waals surface area (Å²) in [6, 6.07) is 10.3. The Kier molecular flexibility index (Phi) is 5.52. The summed E-state index contributed by atoms with van der Waals surface area (Å²) in [6.07, 6.45) is 4.75. The zero-order valence-electron chi connectivity index (χ0n) is 17.2. The minimum Gasteiger partial charge on any atom is -0.345 e. The fourth-order valence-corrected chi connectivity index (χ4v) is 5.27. The van der Waals surface area contributed by atoms with Crippen LogP contribution in [0.5, 0.6) is 0 Å². The third kappa shape index (κ3) is 4.17. The lowest BCUT2D eigenvalue weighted by Gasteiger charge is -2.33. The first-order chi connectivity index (χ1) is 15.9. The minimum absolute atomic E-state index is 0.0309. The second kappa shape index (κ2) is 8.50. The summed E-state index contributed by atoms with van der Waals surface area (Å²) in [5, 5.41) is 9.38. The smallest absolute Gasteiger partial charge is 0.293 e. The highest BCUT2D eigenvalue weighted by Gasteiger charge is 2.32. The number of amides is 1. The third-order valence-corrected chi connectivity index (χ3v) is 7.49. The summed E-state index contributed by atoms with van der Waals surface area (Å²) < 4.78 is 27.5. The van der Waals surface area contributed by atoms with Crippen LogP contribution in [0.2, 0.25) is 5.02 Å². The van der Waals surface area contributed by atoms with Crippen molar-refractivity contribution in [2.24, 2.45) is 0 Å². The van der Waals surface area contributed by atoms with Crippen molar-refractivity contribution in [3.63, 3.8) is 0 Å². The van der Waals surface area contributed by atoms with E-state index in [-0.39, 0.29) is 42.9 Å². The number of aromatic amines is 1. The lowest BCUT2D eigenvalue weighted by atomic mass is 10.2. The maximum absolute atomic E-state index is 13.1. The number of halogens is 1. The van der Waals surface area contributed by atoms with Crippen molar-refractivity contribution >= 4 is 38.4 Å². The molecule has 1 N–H and O–H groups in total. The van der Waals surface area contributed by atoms with Crippen LogP contribution >= 0.6 is 11.6 Å². The fourth-order valence-electron chi connectivity index (χ4n) is 3.66. The second-order valence-electron chi connectivity index (χ2n) is 7.46. The molecule has 4 heterocycles. The van der Waals surface area contributed by atoms with Crippen LogP contribution in [0.4, 0.5) is 0 Å². The molecule has 10 nitrogen and oxygen atoms in total. The molecule has 1 aliphatic heterocycles. The van der Waals surface area contributed by atoms with Gasteiger partial charge in [0, 0.05) is 60.1 Å². The fraction of sp³-hybridized carbons (Fsp3) is 0.190. The Labute approximate surface area is 194 Å². The van der Waals surface area contributed by atoms with Gasteiger partial charge in [0.1, 0.15) is 10.7 Å². The van der Waals surface area contributed by atoms with Gasteiger partial charge in [-0.3, -0.25) is 9.78 Å². The third-order valence-electron chi connectivity index (χ3n) is 5.43. The highest BCUT2D eigenvalue weighted by Crippen LogP contribution is 2.25. The van der Waals surface area contributed by atoms with E-state index < -0.39 is 10.0 Å². The van der Waals surface area contributed by atoms with Crippen molar-refractivity contribution in [1.29, 1.82) is 0 Å². The molecule has 0 unspecified atom stereocenters. The zero-order chi connectivity index (χ0) is 23.0. The number of hydrogen-bond donors (Lipinski definition) is 1. The number of hydrogen-bond acceptors (Lipinski definition) is 7. The molecule has 33 heavy (non-hydrogen) atoms. The van der Waals surface area contributed by atoms with E-state index in [2.05, 4.69) is 25.1 Å². The molecule has 3 aromatic heterocycles. The van der Waals surface area contributed by atoms with Gasteiger partial charge in [0.25, 0.3) is 15.9 Å². The number of carbonyl (C=O) groups excluding carboxylic acids is 1. The summed E-state index contributed by atoms with van der Waals surface area (Å²) in [7, 11) is -3.74. The van der Waals surface area contributed by atoms with Crippen LogP contribution < -0.4 is 0 Å².